The maximum absolute atomic E-state index is 12.1. The molecule has 108 valence electrons. The molecular weight excluding hydrogens is 244 g/mol. The highest BCUT2D eigenvalue weighted by Crippen LogP contribution is 2.39. The molecule has 2 rings (SSSR count). The Morgan fingerprint density at radius 1 is 1.37 bits per heavy atom. The molecule has 0 saturated heterocycles. The Hall–Kier alpha value is -1.10. The van der Waals surface area contributed by atoms with Crippen LogP contribution in [0.3, 0.4) is 0 Å². The van der Waals surface area contributed by atoms with Crippen LogP contribution in [0.25, 0.3) is 0 Å². The lowest BCUT2D eigenvalue weighted by molar-refractivity contribution is -0.132. The lowest BCUT2D eigenvalue weighted by Crippen LogP contribution is -2.54. The van der Waals surface area contributed by atoms with Crippen LogP contribution < -0.4 is 10.6 Å². The van der Waals surface area contributed by atoms with Crippen molar-refractivity contribution in [3.05, 3.63) is 0 Å². The van der Waals surface area contributed by atoms with E-state index >= 15 is 0 Å². The van der Waals surface area contributed by atoms with Crippen molar-refractivity contribution >= 4 is 11.8 Å². The number of amides is 2. The van der Waals surface area contributed by atoms with Crippen molar-refractivity contribution in [1.82, 2.24) is 10.6 Å². The third-order valence-electron chi connectivity index (χ3n) is 4.26. The minimum Gasteiger partial charge on any atom is -0.391 e. The van der Waals surface area contributed by atoms with E-state index in [0.29, 0.717) is 6.54 Å². The van der Waals surface area contributed by atoms with Crippen molar-refractivity contribution in [1.29, 1.82) is 0 Å². The Balaban J connectivity index is 1.82. The van der Waals surface area contributed by atoms with Gasteiger partial charge in [0.2, 0.25) is 11.8 Å². The zero-order valence-corrected chi connectivity index (χ0v) is 11.7. The smallest absolute Gasteiger partial charge is 0.245 e. The van der Waals surface area contributed by atoms with Crippen LogP contribution in [0.15, 0.2) is 0 Å². The minimum absolute atomic E-state index is 0.0400. The van der Waals surface area contributed by atoms with Gasteiger partial charge >= 0.3 is 0 Å². The summed E-state index contributed by atoms with van der Waals surface area (Å²) in [5.74, 6) is -0.355. The largest absolute Gasteiger partial charge is 0.391 e. The molecule has 2 fully saturated rings. The molecule has 0 aromatic heterocycles. The van der Waals surface area contributed by atoms with Crippen molar-refractivity contribution < 1.29 is 14.7 Å². The van der Waals surface area contributed by atoms with Gasteiger partial charge in [-0.15, -0.1) is 0 Å². The van der Waals surface area contributed by atoms with Crippen LogP contribution >= 0.6 is 0 Å². The summed E-state index contributed by atoms with van der Waals surface area (Å²) in [6.07, 6.45) is 4.36. The monoisotopic (exact) mass is 268 g/mol. The lowest BCUT2D eigenvalue weighted by atomic mass is 9.70. The van der Waals surface area contributed by atoms with Crippen molar-refractivity contribution in [2.24, 2.45) is 11.3 Å². The summed E-state index contributed by atoms with van der Waals surface area (Å²) in [5, 5.41) is 15.2. The number of carbonyl (C=O) groups excluding carboxylic acids is 2. The number of rotatable bonds is 6. The first kappa shape index (κ1) is 14.3. The second-order valence-corrected chi connectivity index (χ2v) is 6.38. The predicted octanol–water partition coefficient (Wildman–Crippen LogP) is 0.568. The van der Waals surface area contributed by atoms with Crippen LogP contribution in [0.5, 0.6) is 0 Å². The molecule has 0 bridgehead atoms. The number of carbonyl (C=O) groups is 2. The molecule has 2 aliphatic carbocycles. The van der Waals surface area contributed by atoms with Crippen LogP contribution in [-0.2, 0) is 9.59 Å². The van der Waals surface area contributed by atoms with Crippen molar-refractivity contribution in [3.63, 3.8) is 0 Å². The molecule has 0 aliphatic heterocycles. The molecule has 19 heavy (non-hydrogen) atoms. The average Bonchev–Trinajstić information content (AvgIpc) is 3.13. The van der Waals surface area contributed by atoms with Crippen LogP contribution in [0.4, 0.5) is 0 Å². The van der Waals surface area contributed by atoms with Gasteiger partial charge in [-0.05, 0) is 38.0 Å². The fourth-order valence-electron chi connectivity index (χ4n) is 2.39. The molecule has 5 heteroatoms. The molecule has 2 unspecified atom stereocenters. The molecule has 2 saturated carbocycles. The standard InChI is InChI=1S/C14H24N2O3/c1-9(17)11(16-12(18)10-4-5-10)13(19)15-8-14(2)6-3-7-14/h9-11,17H,3-8H2,1-2H3,(H,15,19)(H,16,18). The van der Waals surface area contributed by atoms with Crippen LogP contribution in [-0.4, -0.2) is 35.6 Å². The molecule has 0 spiro atoms. The third kappa shape index (κ3) is 3.69. The molecule has 0 aromatic carbocycles. The summed E-state index contributed by atoms with van der Waals surface area (Å²) in [4.78, 5) is 23.8. The Morgan fingerprint density at radius 2 is 2.00 bits per heavy atom. The summed E-state index contributed by atoms with van der Waals surface area (Å²) in [6, 6.07) is -0.836. The van der Waals surface area contributed by atoms with Gasteiger partial charge in [0.1, 0.15) is 6.04 Å². The van der Waals surface area contributed by atoms with Gasteiger partial charge in [0, 0.05) is 12.5 Å². The van der Waals surface area contributed by atoms with Crippen molar-refractivity contribution in [2.45, 2.75) is 58.1 Å². The summed E-state index contributed by atoms with van der Waals surface area (Å²) in [7, 11) is 0. The van der Waals surface area contributed by atoms with E-state index in [4.69, 9.17) is 0 Å². The molecule has 2 aliphatic rings. The zero-order valence-electron chi connectivity index (χ0n) is 11.7. The van der Waals surface area contributed by atoms with E-state index in [0.717, 1.165) is 25.7 Å². The highest BCUT2D eigenvalue weighted by atomic mass is 16.3. The minimum atomic E-state index is -0.878. The fraction of sp³-hybridized carbons (Fsp3) is 0.857. The topological polar surface area (TPSA) is 78.4 Å². The second-order valence-electron chi connectivity index (χ2n) is 6.38. The molecule has 0 radical (unpaired) electrons. The van der Waals surface area contributed by atoms with Crippen LogP contribution in [0, 0.1) is 11.3 Å². The summed E-state index contributed by atoms with van der Waals surface area (Å²) in [5.41, 5.74) is 0.194. The highest BCUT2D eigenvalue weighted by Gasteiger charge is 2.36. The van der Waals surface area contributed by atoms with Gasteiger partial charge in [-0.25, -0.2) is 0 Å². The molecule has 0 heterocycles. The van der Waals surface area contributed by atoms with Gasteiger partial charge in [-0.1, -0.05) is 13.3 Å². The van der Waals surface area contributed by atoms with Gasteiger partial charge < -0.3 is 15.7 Å². The van der Waals surface area contributed by atoms with Gasteiger partial charge in [0.25, 0.3) is 0 Å². The van der Waals surface area contributed by atoms with E-state index in [1.165, 1.54) is 13.3 Å². The third-order valence-corrected chi connectivity index (χ3v) is 4.26. The number of hydrogen-bond acceptors (Lipinski definition) is 3. The molecule has 5 nitrogen and oxygen atoms in total. The van der Waals surface area contributed by atoms with E-state index in [1.54, 1.807) is 0 Å². The Labute approximate surface area is 114 Å². The number of aliphatic hydroxyl groups is 1. The summed E-state index contributed by atoms with van der Waals surface area (Å²) >= 11 is 0. The quantitative estimate of drug-likeness (QED) is 0.659. The molecule has 2 amide bonds. The van der Waals surface area contributed by atoms with Gasteiger partial charge in [-0.3, -0.25) is 9.59 Å². The molecule has 2 atom stereocenters. The van der Waals surface area contributed by atoms with E-state index in [9.17, 15) is 14.7 Å². The highest BCUT2D eigenvalue weighted by molar-refractivity contribution is 5.89. The van der Waals surface area contributed by atoms with Gasteiger partial charge in [0.15, 0.2) is 0 Å². The maximum Gasteiger partial charge on any atom is 0.245 e. The van der Waals surface area contributed by atoms with Crippen molar-refractivity contribution in [3.8, 4) is 0 Å². The summed E-state index contributed by atoms with van der Waals surface area (Å²) in [6.45, 7) is 4.30. The normalized spacial score (nSPS) is 23.9. The number of nitrogens with one attached hydrogen (secondary N) is 2. The fourth-order valence-corrected chi connectivity index (χ4v) is 2.39. The average molecular weight is 268 g/mol. The number of hydrogen-bond donors (Lipinski definition) is 3. The Morgan fingerprint density at radius 3 is 2.42 bits per heavy atom. The lowest BCUT2D eigenvalue weighted by Gasteiger charge is -2.38. The predicted molar refractivity (Wildman–Crippen MR) is 71.3 cm³/mol. The zero-order chi connectivity index (χ0) is 14.0. The molecule has 3 N–H and O–H groups in total. The molecular formula is C14H24N2O3. The van der Waals surface area contributed by atoms with Crippen molar-refractivity contribution in [2.75, 3.05) is 6.54 Å². The van der Waals surface area contributed by atoms with E-state index in [-0.39, 0.29) is 23.1 Å². The SMILES string of the molecule is CC(O)C(NC(=O)C1CC1)C(=O)NCC1(C)CCC1. The van der Waals surface area contributed by atoms with E-state index < -0.39 is 12.1 Å². The van der Waals surface area contributed by atoms with Gasteiger partial charge in [0.05, 0.1) is 6.10 Å². The van der Waals surface area contributed by atoms with Crippen LogP contribution in [0.1, 0.15) is 46.0 Å². The van der Waals surface area contributed by atoms with Gasteiger partial charge in [-0.2, -0.15) is 0 Å². The van der Waals surface area contributed by atoms with E-state index in [1.807, 2.05) is 0 Å². The van der Waals surface area contributed by atoms with Crippen LogP contribution in [0.2, 0.25) is 0 Å². The Bertz CT molecular complexity index is 360. The molecule has 0 aromatic rings. The Kier molecular flexibility index (Phi) is 4.13. The first-order chi connectivity index (χ1) is 8.91. The second kappa shape index (κ2) is 5.49. The maximum atomic E-state index is 12.1. The summed E-state index contributed by atoms with van der Waals surface area (Å²) < 4.78 is 0. The number of aliphatic hydroxyl groups excluding tert-OH is 1. The van der Waals surface area contributed by atoms with E-state index in [2.05, 4.69) is 17.6 Å². The first-order valence-corrected chi connectivity index (χ1v) is 7.17. The first-order valence-electron chi connectivity index (χ1n) is 7.17.